The van der Waals surface area contributed by atoms with Gasteiger partial charge in [-0.2, -0.15) is 0 Å². The van der Waals surface area contributed by atoms with Gasteiger partial charge in [-0.3, -0.25) is 0 Å². The minimum Gasteiger partial charge on any atom is -0.480 e. The highest BCUT2D eigenvalue weighted by molar-refractivity contribution is 5.76. The Morgan fingerprint density at radius 1 is 1.29 bits per heavy atom. The fourth-order valence-corrected chi connectivity index (χ4v) is 3.13. The average molecular weight is 298 g/mol. The second-order valence-corrected chi connectivity index (χ2v) is 6.75. The Hall–Kier alpha value is -1.30. The van der Waals surface area contributed by atoms with Crippen LogP contribution in [-0.4, -0.2) is 53.3 Å². The molecule has 0 radical (unpaired) electrons. The first kappa shape index (κ1) is 16.1. The quantitative estimate of drug-likeness (QED) is 0.776. The molecule has 2 amide bonds. The molecule has 2 N–H and O–H groups in total. The number of likely N-dealkylation sites (tertiary alicyclic amines) is 1. The Morgan fingerprint density at radius 2 is 2.00 bits per heavy atom. The molecule has 2 aliphatic rings. The van der Waals surface area contributed by atoms with Crippen LogP contribution in [0.15, 0.2) is 0 Å². The van der Waals surface area contributed by atoms with E-state index in [4.69, 9.17) is 9.84 Å². The van der Waals surface area contributed by atoms with Crippen LogP contribution in [0.1, 0.15) is 46.0 Å². The van der Waals surface area contributed by atoms with Crippen molar-refractivity contribution in [2.75, 3.05) is 19.7 Å². The van der Waals surface area contributed by atoms with Gasteiger partial charge in [0.1, 0.15) is 12.2 Å². The van der Waals surface area contributed by atoms with E-state index in [0.29, 0.717) is 13.1 Å². The third-order valence-electron chi connectivity index (χ3n) is 4.47. The van der Waals surface area contributed by atoms with Gasteiger partial charge in [-0.1, -0.05) is 19.8 Å². The Labute approximate surface area is 125 Å². The summed E-state index contributed by atoms with van der Waals surface area (Å²) < 4.78 is 5.31. The summed E-state index contributed by atoms with van der Waals surface area (Å²) in [5, 5.41) is 11.7. The standard InChI is InChI=1S/C15H26N2O4/c1-11-4-3-5-12(7-6-11)16-14(20)17-9-15(2,10-17)21-8-13(18)19/h11-12H,3-10H2,1-2H3,(H,16,20)(H,18,19). The number of aliphatic carboxylic acids is 1. The Morgan fingerprint density at radius 3 is 2.67 bits per heavy atom. The molecule has 0 aromatic rings. The number of nitrogens with zero attached hydrogens (tertiary/aromatic N) is 1. The highest BCUT2D eigenvalue weighted by atomic mass is 16.5. The summed E-state index contributed by atoms with van der Waals surface area (Å²) in [4.78, 5) is 24.4. The zero-order valence-corrected chi connectivity index (χ0v) is 12.9. The lowest BCUT2D eigenvalue weighted by molar-refractivity contribution is -0.159. The molecule has 21 heavy (non-hydrogen) atoms. The van der Waals surface area contributed by atoms with Crippen LogP contribution in [0.3, 0.4) is 0 Å². The lowest BCUT2D eigenvalue weighted by Crippen LogP contribution is -2.65. The monoisotopic (exact) mass is 298 g/mol. The van der Waals surface area contributed by atoms with Gasteiger partial charge in [0.05, 0.1) is 13.1 Å². The van der Waals surface area contributed by atoms with E-state index in [0.717, 1.165) is 18.8 Å². The Balaban J connectivity index is 1.72. The topological polar surface area (TPSA) is 78.9 Å². The van der Waals surface area contributed by atoms with Crippen molar-refractivity contribution in [2.45, 2.75) is 57.6 Å². The van der Waals surface area contributed by atoms with Crippen LogP contribution in [0.2, 0.25) is 0 Å². The van der Waals surface area contributed by atoms with E-state index < -0.39 is 11.6 Å². The summed E-state index contributed by atoms with van der Waals surface area (Å²) >= 11 is 0. The van der Waals surface area contributed by atoms with E-state index in [9.17, 15) is 9.59 Å². The normalized spacial score (nSPS) is 28.4. The molecule has 2 unspecified atom stereocenters. The second-order valence-electron chi connectivity index (χ2n) is 6.75. The minimum absolute atomic E-state index is 0.0500. The van der Waals surface area contributed by atoms with Crippen LogP contribution in [0.4, 0.5) is 4.79 Å². The predicted octanol–water partition coefficient (Wildman–Crippen LogP) is 1.84. The van der Waals surface area contributed by atoms with Crippen molar-refractivity contribution in [1.29, 1.82) is 0 Å². The first-order chi connectivity index (χ1) is 9.88. The molecule has 1 aliphatic carbocycles. The van der Waals surface area contributed by atoms with Gasteiger partial charge in [0.15, 0.2) is 0 Å². The summed E-state index contributed by atoms with van der Waals surface area (Å²) in [6.45, 7) is 4.70. The van der Waals surface area contributed by atoms with Gasteiger partial charge in [0.2, 0.25) is 0 Å². The van der Waals surface area contributed by atoms with Crippen LogP contribution in [0.5, 0.6) is 0 Å². The van der Waals surface area contributed by atoms with Gasteiger partial charge in [-0.15, -0.1) is 0 Å². The van der Waals surface area contributed by atoms with E-state index >= 15 is 0 Å². The summed E-state index contributed by atoms with van der Waals surface area (Å²) in [6.07, 6.45) is 5.69. The number of urea groups is 1. The number of rotatable bonds is 4. The molecule has 1 saturated carbocycles. The van der Waals surface area contributed by atoms with Gasteiger partial charge < -0.3 is 20.1 Å². The second kappa shape index (κ2) is 6.64. The third-order valence-corrected chi connectivity index (χ3v) is 4.47. The lowest BCUT2D eigenvalue weighted by Gasteiger charge is -2.47. The van der Waals surface area contributed by atoms with Crippen LogP contribution in [0.25, 0.3) is 0 Å². The van der Waals surface area contributed by atoms with Gasteiger partial charge >= 0.3 is 12.0 Å². The number of carbonyl (C=O) groups excluding carboxylic acids is 1. The highest BCUT2D eigenvalue weighted by Crippen LogP contribution is 2.26. The van der Waals surface area contributed by atoms with E-state index in [-0.39, 0.29) is 18.7 Å². The van der Waals surface area contributed by atoms with Gasteiger partial charge in [-0.05, 0) is 32.1 Å². The predicted molar refractivity (Wildman–Crippen MR) is 78.1 cm³/mol. The lowest BCUT2D eigenvalue weighted by atomic mass is 9.97. The van der Waals surface area contributed by atoms with E-state index in [2.05, 4.69) is 12.2 Å². The third kappa shape index (κ3) is 4.59. The zero-order valence-electron chi connectivity index (χ0n) is 12.9. The fraction of sp³-hybridized carbons (Fsp3) is 0.867. The molecule has 1 saturated heterocycles. The number of ether oxygens (including phenoxy) is 1. The maximum absolute atomic E-state index is 12.2. The number of carboxylic acid groups (broad SMARTS) is 1. The molecule has 2 rings (SSSR count). The summed E-state index contributed by atoms with van der Waals surface area (Å²) in [5.41, 5.74) is -0.520. The first-order valence-corrected chi connectivity index (χ1v) is 7.79. The van der Waals surface area contributed by atoms with Crippen molar-refractivity contribution in [3.63, 3.8) is 0 Å². The van der Waals surface area contributed by atoms with Gasteiger partial charge in [0.25, 0.3) is 0 Å². The fourth-order valence-electron chi connectivity index (χ4n) is 3.13. The number of amides is 2. The molecule has 0 spiro atoms. The van der Waals surface area contributed by atoms with E-state index in [1.54, 1.807) is 4.90 Å². The SMILES string of the molecule is CC1CCCC(NC(=O)N2CC(C)(OCC(=O)O)C2)CC1. The number of carboxylic acids is 1. The van der Waals surface area contributed by atoms with Crippen molar-refractivity contribution in [1.82, 2.24) is 10.2 Å². The van der Waals surface area contributed by atoms with Crippen molar-refractivity contribution in [3.8, 4) is 0 Å². The van der Waals surface area contributed by atoms with Crippen LogP contribution in [-0.2, 0) is 9.53 Å². The van der Waals surface area contributed by atoms with Gasteiger partial charge in [-0.25, -0.2) is 9.59 Å². The van der Waals surface area contributed by atoms with Crippen LogP contribution < -0.4 is 5.32 Å². The Bertz CT molecular complexity index is 393. The summed E-state index contributed by atoms with van der Waals surface area (Å²) in [5.74, 6) is -0.227. The number of hydrogen-bond donors (Lipinski definition) is 2. The minimum atomic E-state index is -0.980. The average Bonchev–Trinajstić information content (AvgIpc) is 2.58. The van der Waals surface area contributed by atoms with Crippen molar-refractivity contribution >= 4 is 12.0 Å². The summed E-state index contributed by atoms with van der Waals surface area (Å²) in [6, 6.07) is 0.222. The molecule has 1 aliphatic heterocycles. The number of nitrogens with one attached hydrogen (secondary N) is 1. The molecule has 120 valence electrons. The molecule has 0 aromatic heterocycles. The molecule has 0 bridgehead atoms. The molecule has 1 heterocycles. The maximum atomic E-state index is 12.2. The van der Waals surface area contributed by atoms with Crippen LogP contribution >= 0.6 is 0 Å². The molecular formula is C15H26N2O4. The van der Waals surface area contributed by atoms with E-state index in [1.165, 1.54) is 19.3 Å². The number of carbonyl (C=O) groups is 2. The smallest absolute Gasteiger partial charge is 0.329 e. The first-order valence-electron chi connectivity index (χ1n) is 7.79. The van der Waals surface area contributed by atoms with E-state index in [1.807, 2.05) is 6.92 Å². The summed E-state index contributed by atoms with van der Waals surface area (Å²) in [7, 11) is 0. The van der Waals surface area contributed by atoms with Crippen LogP contribution in [0, 0.1) is 5.92 Å². The number of hydrogen-bond acceptors (Lipinski definition) is 3. The van der Waals surface area contributed by atoms with Gasteiger partial charge in [0, 0.05) is 6.04 Å². The molecule has 2 atom stereocenters. The molecule has 6 heteroatoms. The van der Waals surface area contributed by atoms with Crippen molar-refractivity contribution < 1.29 is 19.4 Å². The largest absolute Gasteiger partial charge is 0.480 e. The molecular weight excluding hydrogens is 272 g/mol. The molecule has 0 aromatic carbocycles. The molecule has 2 fully saturated rings. The molecule has 6 nitrogen and oxygen atoms in total. The highest BCUT2D eigenvalue weighted by Gasteiger charge is 2.43. The van der Waals surface area contributed by atoms with Crippen molar-refractivity contribution in [2.24, 2.45) is 5.92 Å². The maximum Gasteiger partial charge on any atom is 0.329 e. The Kier molecular flexibility index (Phi) is 5.08. The van der Waals surface area contributed by atoms with Crippen molar-refractivity contribution in [3.05, 3.63) is 0 Å². The zero-order chi connectivity index (χ0) is 15.5.